The lowest BCUT2D eigenvalue weighted by atomic mass is 9.87. The van der Waals surface area contributed by atoms with Crippen molar-refractivity contribution in [1.82, 2.24) is 0 Å². The fourth-order valence-electron chi connectivity index (χ4n) is 2.79. The first-order chi connectivity index (χ1) is 7.53. The minimum atomic E-state index is -0.715. The van der Waals surface area contributed by atoms with Gasteiger partial charge in [0.1, 0.15) is 0 Å². The van der Waals surface area contributed by atoms with E-state index in [-0.39, 0.29) is 11.9 Å². The van der Waals surface area contributed by atoms with Crippen molar-refractivity contribution in [3.63, 3.8) is 0 Å². The van der Waals surface area contributed by atoms with E-state index in [1.165, 1.54) is 6.42 Å². The third-order valence-electron chi connectivity index (χ3n) is 3.92. The van der Waals surface area contributed by atoms with Gasteiger partial charge < -0.3 is 10.5 Å². The molecule has 0 bridgehead atoms. The summed E-state index contributed by atoms with van der Waals surface area (Å²) in [6, 6.07) is 0.0491. The molecule has 1 heterocycles. The number of rotatable bonds is 1. The topological polar surface area (TPSA) is 64.7 Å². The summed E-state index contributed by atoms with van der Waals surface area (Å²) in [5, 5.41) is 0. The molecule has 2 unspecified atom stereocenters. The van der Waals surface area contributed by atoms with Gasteiger partial charge in [-0.25, -0.2) is 0 Å². The molecule has 4 heteroatoms. The zero-order valence-electron chi connectivity index (χ0n) is 10.0. The molecule has 1 aliphatic carbocycles. The number of nitrogens with zero attached hydrogens (tertiary/aromatic N) is 1. The number of nitrogens with two attached hydrogens (primary N) is 1. The van der Waals surface area contributed by atoms with Crippen molar-refractivity contribution in [2.24, 2.45) is 22.6 Å². The van der Waals surface area contributed by atoms with Gasteiger partial charge in [0.05, 0.1) is 0 Å². The molecule has 1 saturated carbocycles. The highest BCUT2D eigenvalue weighted by molar-refractivity contribution is 6.00. The maximum atomic E-state index is 11.8. The number of ether oxygens (including phenoxy) is 1. The van der Waals surface area contributed by atoms with Crippen LogP contribution in [0, 0.1) is 11.8 Å². The predicted octanol–water partition coefficient (Wildman–Crippen LogP) is 1.83. The van der Waals surface area contributed by atoms with E-state index in [0.717, 1.165) is 25.7 Å². The molecule has 16 heavy (non-hydrogen) atoms. The van der Waals surface area contributed by atoms with Crippen LogP contribution in [-0.2, 0) is 9.53 Å². The Morgan fingerprint density at radius 1 is 1.44 bits per heavy atom. The molecule has 90 valence electrons. The Bertz CT molecular complexity index is 325. The Morgan fingerprint density at radius 2 is 2.19 bits per heavy atom. The number of carbonyl (C=O) groups is 1. The summed E-state index contributed by atoms with van der Waals surface area (Å²) in [7, 11) is 0. The first-order valence-corrected chi connectivity index (χ1v) is 6.11. The second-order valence-electron chi connectivity index (χ2n) is 5.29. The van der Waals surface area contributed by atoms with Crippen molar-refractivity contribution in [2.45, 2.75) is 51.6 Å². The lowest BCUT2D eigenvalue weighted by molar-refractivity contribution is -0.131. The van der Waals surface area contributed by atoms with Crippen molar-refractivity contribution < 1.29 is 9.53 Å². The molecule has 0 aromatic carbocycles. The fourth-order valence-corrected chi connectivity index (χ4v) is 2.79. The standard InChI is InChI=1S/C12H20N2O2/c1-8(2)9-4-3-6-12(7-5-9)10(15)14-11(13)16-12/h8-9H,3-7H2,1-2H3,(H2,13,14,15). The average Bonchev–Trinajstić information content (AvgIpc) is 2.37. The van der Waals surface area contributed by atoms with Crippen LogP contribution in [0.4, 0.5) is 0 Å². The first kappa shape index (κ1) is 11.4. The van der Waals surface area contributed by atoms with Gasteiger partial charge in [-0.15, -0.1) is 0 Å². The molecule has 0 aromatic heterocycles. The number of amides is 1. The molecule has 2 atom stereocenters. The van der Waals surface area contributed by atoms with Gasteiger partial charge in [-0.2, -0.15) is 4.99 Å². The molecule has 1 amide bonds. The summed E-state index contributed by atoms with van der Waals surface area (Å²) in [5.41, 5.74) is 4.77. The van der Waals surface area contributed by atoms with Crippen LogP contribution in [0.25, 0.3) is 0 Å². The van der Waals surface area contributed by atoms with Crippen LogP contribution >= 0.6 is 0 Å². The van der Waals surface area contributed by atoms with E-state index in [2.05, 4.69) is 18.8 Å². The van der Waals surface area contributed by atoms with Crippen molar-refractivity contribution in [3.8, 4) is 0 Å². The third kappa shape index (κ3) is 1.93. The van der Waals surface area contributed by atoms with Crippen LogP contribution in [0.5, 0.6) is 0 Å². The highest BCUT2D eigenvalue weighted by Gasteiger charge is 2.46. The first-order valence-electron chi connectivity index (χ1n) is 6.11. The Morgan fingerprint density at radius 3 is 2.75 bits per heavy atom. The van der Waals surface area contributed by atoms with Gasteiger partial charge in [-0.1, -0.05) is 20.3 Å². The normalized spacial score (nSPS) is 35.1. The van der Waals surface area contributed by atoms with Crippen LogP contribution in [0.3, 0.4) is 0 Å². The van der Waals surface area contributed by atoms with Crippen LogP contribution in [-0.4, -0.2) is 17.5 Å². The van der Waals surface area contributed by atoms with Crippen LogP contribution in [0.15, 0.2) is 4.99 Å². The maximum absolute atomic E-state index is 11.8. The minimum Gasteiger partial charge on any atom is -0.448 e. The van der Waals surface area contributed by atoms with Crippen LogP contribution in [0.1, 0.15) is 46.0 Å². The highest BCUT2D eigenvalue weighted by Crippen LogP contribution is 2.38. The van der Waals surface area contributed by atoms with E-state index in [4.69, 9.17) is 10.5 Å². The third-order valence-corrected chi connectivity index (χ3v) is 3.92. The second-order valence-corrected chi connectivity index (χ2v) is 5.29. The van der Waals surface area contributed by atoms with E-state index in [9.17, 15) is 4.79 Å². The molecule has 2 N–H and O–H groups in total. The minimum absolute atomic E-state index is 0.0491. The Balaban J connectivity index is 2.07. The van der Waals surface area contributed by atoms with Crippen molar-refractivity contribution in [1.29, 1.82) is 0 Å². The quantitative estimate of drug-likeness (QED) is 0.739. The molecule has 2 aliphatic rings. The second kappa shape index (κ2) is 4.07. The molecule has 0 aromatic rings. The number of aliphatic imine (C=N–C) groups is 1. The summed E-state index contributed by atoms with van der Waals surface area (Å²) in [4.78, 5) is 15.5. The zero-order chi connectivity index (χ0) is 11.8. The molecule has 0 saturated heterocycles. The van der Waals surface area contributed by atoms with Gasteiger partial charge in [0.15, 0.2) is 5.60 Å². The van der Waals surface area contributed by atoms with Crippen LogP contribution in [0.2, 0.25) is 0 Å². The van der Waals surface area contributed by atoms with Crippen LogP contribution < -0.4 is 5.73 Å². The molecule has 1 spiro atoms. The van der Waals surface area contributed by atoms with Gasteiger partial charge in [-0.3, -0.25) is 4.79 Å². The number of carbonyl (C=O) groups excluding carboxylic acids is 1. The Kier molecular flexibility index (Phi) is 2.91. The molecule has 2 rings (SSSR count). The van der Waals surface area contributed by atoms with Gasteiger partial charge in [0.25, 0.3) is 11.9 Å². The van der Waals surface area contributed by atoms with Gasteiger partial charge in [0.2, 0.25) is 0 Å². The van der Waals surface area contributed by atoms with E-state index in [1.54, 1.807) is 0 Å². The number of hydrogen-bond donors (Lipinski definition) is 1. The molecule has 0 radical (unpaired) electrons. The summed E-state index contributed by atoms with van der Waals surface area (Å²) in [5.74, 6) is 1.19. The van der Waals surface area contributed by atoms with Crippen molar-refractivity contribution in [2.75, 3.05) is 0 Å². The summed E-state index contributed by atoms with van der Waals surface area (Å²) < 4.78 is 5.49. The monoisotopic (exact) mass is 224 g/mol. The molecular weight excluding hydrogens is 204 g/mol. The molecule has 4 nitrogen and oxygen atoms in total. The number of hydrogen-bond acceptors (Lipinski definition) is 3. The summed E-state index contributed by atoms with van der Waals surface area (Å²) >= 11 is 0. The zero-order valence-corrected chi connectivity index (χ0v) is 10.0. The molecule has 1 fully saturated rings. The molecular formula is C12H20N2O2. The van der Waals surface area contributed by atoms with E-state index in [1.807, 2.05) is 0 Å². The average molecular weight is 224 g/mol. The van der Waals surface area contributed by atoms with E-state index in [0.29, 0.717) is 11.8 Å². The van der Waals surface area contributed by atoms with Gasteiger partial charge in [0, 0.05) is 0 Å². The lowest BCUT2D eigenvalue weighted by Gasteiger charge is -2.24. The molecule has 1 aliphatic heterocycles. The fraction of sp³-hybridized carbons (Fsp3) is 0.833. The van der Waals surface area contributed by atoms with E-state index >= 15 is 0 Å². The Labute approximate surface area is 96.3 Å². The highest BCUT2D eigenvalue weighted by atomic mass is 16.5. The van der Waals surface area contributed by atoms with Gasteiger partial charge >= 0.3 is 0 Å². The summed E-state index contributed by atoms with van der Waals surface area (Å²) in [6.45, 7) is 4.48. The largest absolute Gasteiger partial charge is 0.448 e. The summed E-state index contributed by atoms with van der Waals surface area (Å²) in [6.07, 6.45) is 4.76. The predicted molar refractivity (Wildman–Crippen MR) is 61.9 cm³/mol. The smallest absolute Gasteiger partial charge is 0.294 e. The Hall–Kier alpha value is -1.06. The maximum Gasteiger partial charge on any atom is 0.294 e. The van der Waals surface area contributed by atoms with E-state index < -0.39 is 5.60 Å². The number of amidine groups is 1. The SMILES string of the molecule is CC(C)C1CCCC2(CC1)OC(N)=NC2=O. The van der Waals surface area contributed by atoms with Crippen molar-refractivity contribution in [3.05, 3.63) is 0 Å². The lowest BCUT2D eigenvalue weighted by Crippen LogP contribution is -2.37. The van der Waals surface area contributed by atoms with Crippen molar-refractivity contribution >= 4 is 11.9 Å². The van der Waals surface area contributed by atoms with Gasteiger partial charge in [-0.05, 0) is 37.5 Å².